The van der Waals surface area contributed by atoms with E-state index < -0.39 is 5.97 Å². The normalized spacial score (nSPS) is 12.1. The van der Waals surface area contributed by atoms with Crippen LogP contribution < -0.4 is 5.32 Å². The van der Waals surface area contributed by atoms with Gasteiger partial charge in [-0.15, -0.1) is 0 Å². The van der Waals surface area contributed by atoms with E-state index in [1.807, 2.05) is 0 Å². The second-order valence-corrected chi connectivity index (χ2v) is 5.12. The summed E-state index contributed by atoms with van der Waals surface area (Å²) in [5.74, 6) is -0.525. The van der Waals surface area contributed by atoms with E-state index in [9.17, 15) is 9.59 Å². The van der Waals surface area contributed by atoms with Gasteiger partial charge in [-0.1, -0.05) is 32.4 Å². The number of carbonyl (C=O) groups excluding carboxylic acids is 1. The van der Waals surface area contributed by atoms with Crippen LogP contribution >= 0.6 is 0 Å². The molecular formula is C16H22N2O3. The highest BCUT2D eigenvalue weighted by Gasteiger charge is 2.11. The standard InChI is InChI=1S/C16H22N2O3/c1-4-12(2)11-18(3)16(21)17-14-8-5-13(6-9-14)7-10-15(19)20/h5-10,12H,4,11H2,1-3H3,(H,17,21)(H,19,20). The van der Waals surface area contributed by atoms with Gasteiger partial charge in [-0.2, -0.15) is 0 Å². The summed E-state index contributed by atoms with van der Waals surface area (Å²) in [5, 5.41) is 11.4. The minimum absolute atomic E-state index is 0.149. The summed E-state index contributed by atoms with van der Waals surface area (Å²) in [6, 6.07) is 6.85. The molecule has 0 bridgehead atoms. The maximum atomic E-state index is 12.0. The van der Waals surface area contributed by atoms with Crippen LogP contribution in [0.25, 0.3) is 6.08 Å². The monoisotopic (exact) mass is 290 g/mol. The van der Waals surface area contributed by atoms with Crippen LogP contribution in [0, 0.1) is 5.92 Å². The molecular weight excluding hydrogens is 268 g/mol. The van der Waals surface area contributed by atoms with E-state index in [1.165, 1.54) is 6.08 Å². The van der Waals surface area contributed by atoms with Gasteiger partial charge in [0.25, 0.3) is 0 Å². The number of anilines is 1. The maximum absolute atomic E-state index is 12.0. The second kappa shape index (κ2) is 8.09. The lowest BCUT2D eigenvalue weighted by Crippen LogP contribution is -2.34. The summed E-state index contributed by atoms with van der Waals surface area (Å²) >= 11 is 0. The van der Waals surface area contributed by atoms with Crippen LogP contribution in [0.2, 0.25) is 0 Å². The molecule has 0 aliphatic heterocycles. The summed E-state index contributed by atoms with van der Waals surface area (Å²) in [6.07, 6.45) is 3.61. The van der Waals surface area contributed by atoms with Gasteiger partial charge >= 0.3 is 12.0 Å². The van der Waals surface area contributed by atoms with Gasteiger partial charge in [-0.25, -0.2) is 9.59 Å². The second-order valence-electron chi connectivity index (χ2n) is 5.12. The molecule has 0 saturated carbocycles. The number of urea groups is 1. The number of hydrogen-bond donors (Lipinski definition) is 2. The zero-order valence-electron chi connectivity index (χ0n) is 12.7. The first-order chi connectivity index (χ1) is 9.92. The SMILES string of the molecule is CCC(C)CN(C)C(=O)Nc1ccc(C=CC(=O)O)cc1. The van der Waals surface area contributed by atoms with Gasteiger partial charge in [0, 0.05) is 25.4 Å². The number of carbonyl (C=O) groups is 2. The van der Waals surface area contributed by atoms with Crippen molar-refractivity contribution >= 4 is 23.8 Å². The fourth-order valence-corrected chi connectivity index (χ4v) is 1.74. The summed E-state index contributed by atoms with van der Waals surface area (Å²) in [6.45, 7) is 4.91. The number of carboxylic acid groups (broad SMARTS) is 1. The lowest BCUT2D eigenvalue weighted by Gasteiger charge is -2.21. The minimum Gasteiger partial charge on any atom is -0.478 e. The average molecular weight is 290 g/mol. The molecule has 1 atom stereocenters. The highest BCUT2D eigenvalue weighted by atomic mass is 16.4. The summed E-state index contributed by atoms with van der Waals surface area (Å²) in [4.78, 5) is 24.1. The summed E-state index contributed by atoms with van der Waals surface area (Å²) < 4.78 is 0. The van der Waals surface area contributed by atoms with Crippen LogP contribution in [-0.4, -0.2) is 35.6 Å². The number of nitrogens with one attached hydrogen (secondary N) is 1. The van der Waals surface area contributed by atoms with E-state index in [0.29, 0.717) is 18.2 Å². The first-order valence-corrected chi connectivity index (χ1v) is 6.95. The summed E-state index contributed by atoms with van der Waals surface area (Å²) in [7, 11) is 1.77. The molecule has 0 aliphatic carbocycles. The van der Waals surface area contributed by atoms with E-state index in [4.69, 9.17) is 5.11 Å². The largest absolute Gasteiger partial charge is 0.478 e. The molecule has 5 heteroatoms. The number of aliphatic carboxylic acids is 1. The Hall–Kier alpha value is -2.30. The van der Waals surface area contributed by atoms with E-state index >= 15 is 0 Å². The predicted molar refractivity (Wildman–Crippen MR) is 84.2 cm³/mol. The highest BCUT2D eigenvalue weighted by Crippen LogP contribution is 2.12. The number of amides is 2. The van der Waals surface area contributed by atoms with E-state index in [1.54, 1.807) is 36.2 Å². The number of rotatable bonds is 6. The topological polar surface area (TPSA) is 69.6 Å². The van der Waals surface area contributed by atoms with Crippen molar-refractivity contribution in [1.29, 1.82) is 0 Å². The van der Waals surface area contributed by atoms with Gasteiger partial charge in [-0.3, -0.25) is 0 Å². The number of carboxylic acids is 1. The third kappa shape index (κ3) is 6.12. The fraction of sp³-hybridized carbons (Fsp3) is 0.375. The molecule has 0 heterocycles. The van der Waals surface area contributed by atoms with E-state index in [0.717, 1.165) is 18.1 Å². The van der Waals surface area contributed by atoms with Crippen LogP contribution in [0.4, 0.5) is 10.5 Å². The Morgan fingerprint density at radius 1 is 1.33 bits per heavy atom. The number of hydrogen-bond acceptors (Lipinski definition) is 2. The van der Waals surface area contributed by atoms with Crippen LogP contribution in [0.3, 0.4) is 0 Å². The Morgan fingerprint density at radius 2 is 1.95 bits per heavy atom. The molecule has 1 rings (SSSR count). The molecule has 0 saturated heterocycles. The van der Waals surface area contributed by atoms with Crippen molar-refractivity contribution in [2.75, 3.05) is 18.9 Å². The summed E-state index contributed by atoms with van der Waals surface area (Å²) in [5.41, 5.74) is 1.45. The Bertz CT molecular complexity index is 509. The molecule has 114 valence electrons. The van der Waals surface area contributed by atoms with Crippen molar-refractivity contribution in [1.82, 2.24) is 4.90 Å². The van der Waals surface area contributed by atoms with Crippen molar-refractivity contribution in [2.45, 2.75) is 20.3 Å². The Labute approximate surface area is 125 Å². The maximum Gasteiger partial charge on any atom is 0.328 e. The van der Waals surface area contributed by atoms with Gasteiger partial charge in [0.2, 0.25) is 0 Å². The van der Waals surface area contributed by atoms with Gasteiger partial charge < -0.3 is 15.3 Å². The molecule has 2 amide bonds. The lowest BCUT2D eigenvalue weighted by atomic mass is 10.1. The zero-order chi connectivity index (χ0) is 15.8. The van der Waals surface area contributed by atoms with Crippen molar-refractivity contribution < 1.29 is 14.7 Å². The van der Waals surface area contributed by atoms with Crippen LogP contribution in [-0.2, 0) is 4.79 Å². The van der Waals surface area contributed by atoms with E-state index in [-0.39, 0.29) is 6.03 Å². The Balaban J connectivity index is 2.59. The quantitative estimate of drug-likeness (QED) is 0.790. The van der Waals surface area contributed by atoms with E-state index in [2.05, 4.69) is 19.2 Å². The van der Waals surface area contributed by atoms with Crippen molar-refractivity contribution in [2.24, 2.45) is 5.92 Å². The third-order valence-electron chi connectivity index (χ3n) is 3.21. The van der Waals surface area contributed by atoms with Crippen LogP contribution in [0.5, 0.6) is 0 Å². The smallest absolute Gasteiger partial charge is 0.328 e. The molecule has 0 aliphatic rings. The van der Waals surface area contributed by atoms with Gasteiger partial charge in [0.05, 0.1) is 0 Å². The van der Waals surface area contributed by atoms with Crippen LogP contribution in [0.15, 0.2) is 30.3 Å². The molecule has 0 fully saturated rings. The first-order valence-electron chi connectivity index (χ1n) is 6.95. The number of benzene rings is 1. The van der Waals surface area contributed by atoms with Gasteiger partial charge in [-0.05, 0) is 29.7 Å². The van der Waals surface area contributed by atoms with Crippen molar-refractivity contribution in [3.8, 4) is 0 Å². The van der Waals surface area contributed by atoms with Crippen LogP contribution in [0.1, 0.15) is 25.8 Å². The average Bonchev–Trinajstić information content (AvgIpc) is 2.46. The molecule has 0 spiro atoms. The molecule has 0 aromatic heterocycles. The predicted octanol–water partition coefficient (Wildman–Crippen LogP) is 3.29. The Kier molecular flexibility index (Phi) is 6.46. The van der Waals surface area contributed by atoms with Crippen molar-refractivity contribution in [3.63, 3.8) is 0 Å². The zero-order valence-corrected chi connectivity index (χ0v) is 12.7. The van der Waals surface area contributed by atoms with Gasteiger partial charge in [0.15, 0.2) is 0 Å². The molecule has 1 unspecified atom stereocenters. The lowest BCUT2D eigenvalue weighted by molar-refractivity contribution is -0.131. The molecule has 5 nitrogen and oxygen atoms in total. The molecule has 0 radical (unpaired) electrons. The van der Waals surface area contributed by atoms with Crippen molar-refractivity contribution in [3.05, 3.63) is 35.9 Å². The molecule has 21 heavy (non-hydrogen) atoms. The highest BCUT2D eigenvalue weighted by molar-refractivity contribution is 5.89. The third-order valence-corrected chi connectivity index (χ3v) is 3.21. The molecule has 2 N–H and O–H groups in total. The molecule has 1 aromatic rings. The Morgan fingerprint density at radius 3 is 2.48 bits per heavy atom. The first kappa shape index (κ1) is 16.8. The minimum atomic E-state index is -0.987. The van der Waals surface area contributed by atoms with Gasteiger partial charge in [0.1, 0.15) is 0 Å². The molecule has 1 aromatic carbocycles. The fourth-order valence-electron chi connectivity index (χ4n) is 1.74. The number of nitrogens with zero attached hydrogens (tertiary/aromatic N) is 1.